The number of fused-ring (bicyclic) bond motifs is 1. The van der Waals surface area contributed by atoms with Crippen LogP contribution >= 0.6 is 0 Å². The summed E-state index contributed by atoms with van der Waals surface area (Å²) in [6.45, 7) is 13.7. The zero-order valence-electron chi connectivity index (χ0n) is 30.9. The third-order valence-electron chi connectivity index (χ3n) is 9.05. The van der Waals surface area contributed by atoms with Crippen LogP contribution in [-0.4, -0.2) is 44.2 Å². The van der Waals surface area contributed by atoms with E-state index in [1.807, 2.05) is 75.4 Å². The molecule has 0 unspecified atom stereocenters. The summed E-state index contributed by atoms with van der Waals surface area (Å²) in [5.74, 6) is 8.98. The topological polar surface area (TPSA) is 95.5 Å². The number of nitrogens with zero attached hydrogens (tertiary/aromatic N) is 4. The highest BCUT2D eigenvalue weighted by atomic mass is 16.6. The molecule has 0 radical (unpaired) electrons. The van der Waals surface area contributed by atoms with Crippen LogP contribution in [-0.2, 0) is 4.74 Å². The molecule has 2 aromatic heterocycles. The molecule has 8 heteroatoms. The second-order valence-corrected chi connectivity index (χ2v) is 15.7. The number of likely N-dealkylation sites (tertiary alicyclic amines) is 1. The van der Waals surface area contributed by atoms with Gasteiger partial charge in [0.05, 0.1) is 11.4 Å². The first-order valence-corrected chi connectivity index (χ1v) is 18.3. The number of rotatable bonds is 12. The number of amides is 1. The molecule has 1 aliphatic rings. The Kier molecular flexibility index (Phi) is 12.1. The number of anilines is 1. The van der Waals surface area contributed by atoms with E-state index in [1.54, 1.807) is 4.90 Å². The molecule has 1 atom stereocenters. The summed E-state index contributed by atoms with van der Waals surface area (Å²) in [6.07, 6.45) is 12.8. The quantitative estimate of drug-likeness (QED) is 0.118. The Morgan fingerprint density at radius 3 is 2.22 bits per heavy atom. The molecule has 50 heavy (non-hydrogen) atoms. The van der Waals surface area contributed by atoms with Crippen LogP contribution in [0.1, 0.15) is 117 Å². The summed E-state index contributed by atoms with van der Waals surface area (Å²) < 4.78 is 14.0. The number of nitrogens with two attached hydrogens (primary N) is 1. The van der Waals surface area contributed by atoms with Crippen LogP contribution in [0.5, 0.6) is 11.5 Å². The van der Waals surface area contributed by atoms with Crippen LogP contribution in [0, 0.1) is 17.3 Å². The Hall–Kier alpha value is -4.51. The molecular formula is C42H55N5O3. The van der Waals surface area contributed by atoms with Gasteiger partial charge in [0.2, 0.25) is 0 Å². The maximum Gasteiger partial charge on any atom is 0.410 e. The average Bonchev–Trinajstić information content (AvgIpc) is 3.67. The van der Waals surface area contributed by atoms with Crippen molar-refractivity contribution in [3.63, 3.8) is 0 Å². The lowest BCUT2D eigenvalue weighted by Gasteiger charge is -2.24. The SMILES string of the molecule is CC(C)(C)CCCCCCCCCC#Cc1c(-c2ccc(Oc3ccccc3)cc2)c2c(N)ncnc2n1[C@@H]1CCN(C(=O)OC(C)(C)C)C1. The van der Waals surface area contributed by atoms with Gasteiger partial charge in [-0.25, -0.2) is 14.8 Å². The maximum absolute atomic E-state index is 13.0. The second kappa shape index (κ2) is 16.5. The van der Waals surface area contributed by atoms with E-state index in [9.17, 15) is 4.79 Å². The monoisotopic (exact) mass is 677 g/mol. The highest BCUT2D eigenvalue weighted by Crippen LogP contribution is 2.41. The predicted octanol–water partition coefficient (Wildman–Crippen LogP) is 10.6. The van der Waals surface area contributed by atoms with E-state index >= 15 is 0 Å². The van der Waals surface area contributed by atoms with Crippen LogP contribution < -0.4 is 10.5 Å². The molecule has 0 spiro atoms. The van der Waals surface area contributed by atoms with E-state index < -0.39 is 5.60 Å². The van der Waals surface area contributed by atoms with Gasteiger partial charge in [-0.3, -0.25) is 0 Å². The number of ether oxygens (including phenoxy) is 2. The molecular weight excluding hydrogens is 622 g/mol. The smallest absolute Gasteiger partial charge is 0.410 e. The minimum Gasteiger partial charge on any atom is -0.457 e. The first-order chi connectivity index (χ1) is 23.9. The van der Waals surface area contributed by atoms with Gasteiger partial charge in [0.15, 0.2) is 0 Å². The van der Waals surface area contributed by atoms with Crippen molar-refractivity contribution in [3.05, 3.63) is 66.6 Å². The second-order valence-electron chi connectivity index (χ2n) is 15.7. The van der Waals surface area contributed by atoms with Gasteiger partial charge in [-0.15, -0.1) is 0 Å². The van der Waals surface area contributed by atoms with Gasteiger partial charge in [0.25, 0.3) is 0 Å². The zero-order valence-corrected chi connectivity index (χ0v) is 30.9. The lowest BCUT2D eigenvalue weighted by atomic mass is 9.89. The summed E-state index contributed by atoms with van der Waals surface area (Å²) in [5, 5.41) is 0.774. The highest BCUT2D eigenvalue weighted by Gasteiger charge is 2.34. The Morgan fingerprint density at radius 2 is 1.54 bits per heavy atom. The molecule has 8 nitrogen and oxygen atoms in total. The molecule has 1 amide bonds. The van der Waals surface area contributed by atoms with E-state index in [4.69, 9.17) is 20.2 Å². The van der Waals surface area contributed by atoms with E-state index in [-0.39, 0.29) is 12.1 Å². The molecule has 0 aliphatic carbocycles. The molecule has 5 rings (SSSR count). The minimum absolute atomic E-state index is 0.0451. The molecule has 1 fully saturated rings. The van der Waals surface area contributed by atoms with Crippen LogP contribution in [0.2, 0.25) is 0 Å². The number of benzene rings is 2. The molecule has 1 aliphatic heterocycles. The van der Waals surface area contributed by atoms with Gasteiger partial charge in [-0.2, -0.15) is 0 Å². The molecule has 2 aromatic carbocycles. The fraction of sp³-hybridized carbons (Fsp3) is 0.500. The van der Waals surface area contributed by atoms with Crippen molar-refractivity contribution >= 4 is 22.9 Å². The predicted molar refractivity (Wildman–Crippen MR) is 203 cm³/mol. The summed E-state index contributed by atoms with van der Waals surface area (Å²) in [7, 11) is 0. The third-order valence-corrected chi connectivity index (χ3v) is 9.05. The third kappa shape index (κ3) is 10.0. The molecule has 3 heterocycles. The van der Waals surface area contributed by atoms with Crippen molar-refractivity contribution in [1.29, 1.82) is 0 Å². The summed E-state index contributed by atoms with van der Waals surface area (Å²) >= 11 is 0. The van der Waals surface area contributed by atoms with Crippen molar-refractivity contribution in [1.82, 2.24) is 19.4 Å². The number of carbonyl (C=O) groups is 1. The summed E-state index contributed by atoms with van der Waals surface area (Å²) in [5.41, 5.74) is 9.90. The first-order valence-electron chi connectivity index (χ1n) is 18.3. The van der Waals surface area contributed by atoms with Gasteiger partial charge in [-0.1, -0.05) is 95.5 Å². The largest absolute Gasteiger partial charge is 0.457 e. The molecule has 0 bridgehead atoms. The van der Waals surface area contributed by atoms with E-state index in [0.717, 1.165) is 58.6 Å². The van der Waals surface area contributed by atoms with Crippen molar-refractivity contribution in [2.45, 2.75) is 117 Å². The van der Waals surface area contributed by atoms with Crippen molar-refractivity contribution in [2.24, 2.45) is 5.41 Å². The van der Waals surface area contributed by atoms with Crippen LogP contribution in [0.25, 0.3) is 22.2 Å². The van der Waals surface area contributed by atoms with E-state index in [2.05, 4.69) is 42.2 Å². The van der Waals surface area contributed by atoms with Crippen molar-refractivity contribution < 1.29 is 14.3 Å². The minimum atomic E-state index is -0.566. The Balaban J connectivity index is 1.39. The molecule has 266 valence electrons. The standard InChI is InChI=1S/C42H55N5O3/c1-41(2,3)27-18-13-11-9-7-8-10-12-17-21-35-36(31-22-24-34(25-23-31)49-33-19-15-14-16-20-33)37-38(43)44-30-45-39(37)47(35)32-26-28-46(29-32)40(48)50-42(4,5)6/h14-16,19-20,22-25,30,32H,7-13,18,26-29H2,1-6H3,(H2,43,44,45)/t32-/m1/s1. The number of carbonyl (C=O) groups excluding carboxylic acids is 1. The molecule has 1 saturated heterocycles. The normalized spacial score (nSPS) is 14.8. The van der Waals surface area contributed by atoms with E-state index in [0.29, 0.717) is 24.3 Å². The number of hydrogen-bond donors (Lipinski definition) is 1. The highest BCUT2D eigenvalue weighted by molar-refractivity contribution is 6.03. The number of nitrogen functional groups attached to an aromatic ring is 1. The fourth-order valence-corrected chi connectivity index (χ4v) is 6.57. The lowest BCUT2D eigenvalue weighted by molar-refractivity contribution is 0.0289. The number of hydrogen-bond acceptors (Lipinski definition) is 6. The molecule has 2 N–H and O–H groups in total. The Labute approximate surface area is 298 Å². The first kappa shape index (κ1) is 36.8. The van der Waals surface area contributed by atoms with Gasteiger partial charge in [0, 0.05) is 25.1 Å². The maximum atomic E-state index is 13.0. The summed E-state index contributed by atoms with van der Waals surface area (Å²) in [4.78, 5) is 24.0. The van der Waals surface area contributed by atoms with Crippen LogP contribution in [0.4, 0.5) is 10.6 Å². The number of unbranched alkanes of at least 4 members (excludes halogenated alkanes) is 7. The van der Waals surface area contributed by atoms with Crippen LogP contribution in [0.15, 0.2) is 60.9 Å². The molecule has 4 aromatic rings. The van der Waals surface area contributed by atoms with Crippen LogP contribution in [0.3, 0.4) is 0 Å². The zero-order chi connectivity index (χ0) is 35.7. The van der Waals surface area contributed by atoms with Crippen molar-refractivity contribution in [2.75, 3.05) is 18.8 Å². The fourth-order valence-electron chi connectivity index (χ4n) is 6.57. The van der Waals surface area contributed by atoms with Gasteiger partial charge in [0.1, 0.15) is 40.6 Å². The summed E-state index contributed by atoms with van der Waals surface area (Å²) in [6, 6.07) is 17.7. The average molecular weight is 678 g/mol. The number of aromatic nitrogens is 3. The van der Waals surface area contributed by atoms with Crippen molar-refractivity contribution in [3.8, 4) is 34.5 Å². The molecule has 0 saturated carbocycles. The number of para-hydroxylation sites is 1. The Morgan fingerprint density at radius 1 is 0.880 bits per heavy atom. The van der Waals surface area contributed by atoms with E-state index in [1.165, 1.54) is 51.3 Å². The lowest BCUT2D eigenvalue weighted by Crippen LogP contribution is -2.35. The van der Waals surface area contributed by atoms with Gasteiger partial charge in [-0.05, 0) is 81.2 Å². The Bertz CT molecular complexity index is 1770. The van der Waals surface area contributed by atoms with Gasteiger partial charge >= 0.3 is 6.09 Å². The van der Waals surface area contributed by atoms with Gasteiger partial charge < -0.3 is 24.7 Å².